The van der Waals surface area contributed by atoms with Crippen molar-refractivity contribution >= 4 is 44.8 Å². The van der Waals surface area contributed by atoms with Gasteiger partial charge in [-0.2, -0.15) is 0 Å². The van der Waals surface area contributed by atoms with Gasteiger partial charge in [-0.05, 0) is 55.7 Å². The second-order valence-electron chi connectivity index (χ2n) is 9.45. The molecule has 0 saturated carbocycles. The van der Waals surface area contributed by atoms with E-state index in [-0.39, 0.29) is 41.2 Å². The van der Waals surface area contributed by atoms with E-state index in [9.17, 15) is 28.1 Å². The van der Waals surface area contributed by atoms with Crippen LogP contribution in [0.2, 0.25) is 5.02 Å². The highest BCUT2D eigenvalue weighted by atomic mass is 35.5. The van der Waals surface area contributed by atoms with E-state index in [1.807, 2.05) is 13.8 Å². The van der Waals surface area contributed by atoms with Crippen molar-refractivity contribution in [2.75, 3.05) is 10.8 Å². The predicted octanol–water partition coefficient (Wildman–Crippen LogP) is 5.17. The molecule has 0 spiro atoms. The first-order chi connectivity index (χ1) is 19.5. The molecule has 3 aromatic carbocycles. The fourth-order valence-corrected chi connectivity index (χ4v) is 5.79. The molecule has 12 heteroatoms. The van der Waals surface area contributed by atoms with Crippen LogP contribution in [0.25, 0.3) is 0 Å². The zero-order valence-corrected chi connectivity index (χ0v) is 24.6. The fraction of sp³-hybridized carbons (Fsp3) is 0.310. The van der Waals surface area contributed by atoms with Crippen molar-refractivity contribution in [3.63, 3.8) is 0 Å². The molecule has 41 heavy (non-hydrogen) atoms. The van der Waals surface area contributed by atoms with Gasteiger partial charge in [0.1, 0.15) is 12.6 Å². The maximum Gasteiger partial charge on any atom is 0.269 e. The first-order valence-electron chi connectivity index (χ1n) is 13.1. The van der Waals surface area contributed by atoms with Gasteiger partial charge in [-0.1, -0.05) is 61.8 Å². The van der Waals surface area contributed by atoms with Crippen LogP contribution >= 0.6 is 11.6 Å². The molecular formula is C29H33ClN4O6S. The minimum Gasteiger partial charge on any atom is -0.352 e. The van der Waals surface area contributed by atoms with Crippen molar-refractivity contribution in [2.24, 2.45) is 0 Å². The molecular weight excluding hydrogens is 568 g/mol. The van der Waals surface area contributed by atoms with Gasteiger partial charge in [-0.3, -0.25) is 24.0 Å². The van der Waals surface area contributed by atoms with Crippen LogP contribution in [-0.4, -0.2) is 48.7 Å². The molecule has 2 atom stereocenters. The Morgan fingerprint density at radius 2 is 1.56 bits per heavy atom. The molecule has 218 valence electrons. The lowest BCUT2D eigenvalue weighted by Crippen LogP contribution is -2.53. The predicted molar refractivity (Wildman–Crippen MR) is 158 cm³/mol. The molecule has 0 aliphatic carbocycles. The molecule has 0 bridgehead atoms. The summed E-state index contributed by atoms with van der Waals surface area (Å²) in [6, 6.07) is 18.3. The molecule has 0 fully saturated rings. The molecule has 3 aromatic rings. The normalized spacial score (nSPS) is 12.7. The monoisotopic (exact) mass is 600 g/mol. The summed E-state index contributed by atoms with van der Waals surface area (Å²) in [6.45, 7) is 4.85. The number of amides is 2. The number of non-ortho nitro benzene ring substituents is 1. The highest BCUT2D eigenvalue weighted by Gasteiger charge is 2.34. The lowest BCUT2D eigenvalue weighted by Gasteiger charge is -2.34. The number of carbonyl (C=O) groups is 2. The van der Waals surface area contributed by atoms with Gasteiger partial charge in [-0.25, -0.2) is 8.42 Å². The molecule has 1 N–H and O–H groups in total. The van der Waals surface area contributed by atoms with Crippen LogP contribution in [0, 0.1) is 10.1 Å². The first-order valence-corrected chi connectivity index (χ1v) is 15.0. The summed E-state index contributed by atoms with van der Waals surface area (Å²) >= 11 is 6.40. The van der Waals surface area contributed by atoms with E-state index in [1.54, 1.807) is 49.4 Å². The Morgan fingerprint density at radius 1 is 0.951 bits per heavy atom. The number of nitrogens with zero attached hydrogens (tertiary/aromatic N) is 3. The lowest BCUT2D eigenvalue weighted by molar-refractivity contribution is -0.384. The zero-order chi connectivity index (χ0) is 30.2. The van der Waals surface area contributed by atoms with E-state index in [4.69, 9.17) is 11.6 Å². The molecule has 0 aliphatic heterocycles. The summed E-state index contributed by atoms with van der Waals surface area (Å²) in [5.74, 6) is -1.01. The third kappa shape index (κ3) is 7.83. The topological polar surface area (TPSA) is 130 Å². The number of nitrogens with one attached hydrogen (secondary N) is 1. The molecule has 10 nitrogen and oxygen atoms in total. The molecule has 0 aromatic heterocycles. The van der Waals surface area contributed by atoms with Crippen LogP contribution in [-0.2, 0) is 26.2 Å². The molecule has 0 saturated heterocycles. The highest BCUT2D eigenvalue weighted by Crippen LogP contribution is 2.27. The summed E-state index contributed by atoms with van der Waals surface area (Å²) in [7, 11) is -4.28. The number of anilines is 1. The molecule has 0 heterocycles. The van der Waals surface area contributed by atoms with Crippen molar-refractivity contribution in [1.82, 2.24) is 10.2 Å². The van der Waals surface area contributed by atoms with Crippen LogP contribution in [0.4, 0.5) is 11.4 Å². The lowest BCUT2D eigenvalue weighted by atomic mass is 10.1. The van der Waals surface area contributed by atoms with E-state index in [0.29, 0.717) is 17.0 Å². The third-order valence-corrected chi connectivity index (χ3v) is 8.80. The summed E-state index contributed by atoms with van der Waals surface area (Å²) in [6.07, 6.45) is 0.950. The van der Waals surface area contributed by atoms with Gasteiger partial charge in [0, 0.05) is 29.7 Å². The van der Waals surface area contributed by atoms with Gasteiger partial charge in [0.05, 0.1) is 15.5 Å². The molecule has 0 radical (unpaired) electrons. The standard InChI is InChI=1S/C29H33ClN4O6S/c1-4-21(3)31-29(36)27(5-2)32(19-22-11-9-10-14-26(22)30)28(35)20-33(23-15-17-24(18-16-23)34(37)38)41(39,40)25-12-7-6-8-13-25/h6-18,21,27H,4-5,19-20H2,1-3H3,(H,31,36)/t21-,27-/m0/s1. The van der Waals surface area contributed by atoms with E-state index >= 15 is 0 Å². The van der Waals surface area contributed by atoms with Crippen molar-refractivity contribution in [3.8, 4) is 0 Å². The summed E-state index contributed by atoms with van der Waals surface area (Å²) in [5, 5.41) is 14.5. The maximum absolute atomic E-state index is 14.0. The SMILES string of the molecule is CC[C@H](C)NC(=O)[C@H](CC)N(Cc1ccccc1Cl)C(=O)CN(c1ccc([N+](=O)[O-])cc1)S(=O)(=O)c1ccccc1. The Kier molecular flexibility index (Phi) is 10.8. The van der Waals surface area contributed by atoms with Gasteiger partial charge in [0.2, 0.25) is 11.8 Å². The maximum atomic E-state index is 14.0. The van der Waals surface area contributed by atoms with Crippen molar-refractivity contribution in [2.45, 2.75) is 57.1 Å². The number of nitro benzene ring substituents is 1. The first kappa shape index (κ1) is 31.6. The second kappa shape index (κ2) is 14.1. The number of sulfonamides is 1. The Hall–Kier alpha value is -3.96. The van der Waals surface area contributed by atoms with E-state index < -0.39 is 33.4 Å². The van der Waals surface area contributed by atoms with Crippen molar-refractivity contribution in [3.05, 3.63) is 99.6 Å². The number of nitro groups is 1. The van der Waals surface area contributed by atoms with E-state index in [1.165, 1.54) is 41.3 Å². The van der Waals surface area contributed by atoms with Crippen LogP contribution in [0.15, 0.2) is 83.8 Å². The number of benzene rings is 3. The second-order valence-corrected chi connectivity index (χ2v) is 11.7. The molecule has 0 aliphatic rings. The minimum atomic E-state index is -4.28. The Morgan fingerprint density at radius 3 is 2.12 bits per heavy atom. The molecule has 3 rings (SSSR count). The minimum absolute atomic E-state index is 0.0373. The quantitative estimate of drug-likeness (QED) is 0.213. The molecule has 0 unspecified atom stereocenters. The Labute approximate surface area is 245 Å². The van der Waals surface area contributed by atoms with E-state index in [0.717, 1.165) is 4.31 Å². The van der Waals surface area contributed by atoms with Gasteiger partial charge in [-0.15, -0.1) is 0 Å². The highest BCUT2D eigenvalue weighted by molar-refractivity contribution is 7.92. The number of carbonyl (C=O) groups excluding carboxylic acids is 2. The van der Waals surface area contributed by atoms with Gasteiger partial charge in [0.15, 0.2) is 0 Å². The Bertz CT molecular complexity index is 1470. The average molecular weight is 601 g/mol. The average Bonchev–Trinajstić information content (AvgIpc) is 2.97. The summed E-state index contributed by atoms with van der Waals surface area (Å²) < 4.78 is 28.5. The number of hydrogen-bond acceptors (Lipinski definition) is 6. The number of halogens is 1. The van der Waals surface area contributed by atoms with Crippen LogP contribution < -0.4 is 9.62 Å². The fourth-order valence-electron chi connectivity index (χ4n) is 4.16. The van der Waals surface area contributed by atoms with Crippen LogP contribution in [0.3, 0.4) is 0 Å². The van der Waals surface area contributed by atoms with Gasteiger partial charge < -0.3 is 10.2 Å². The van der Waals surface area contributed by atoms with Crippen molar-refractivity contribution in [1.29, 1.82) is 0 Å². The van der Waals surface area contributed by atoms with E-state index in [2.05, 4.69) is 5.32 Å². The zero-order valence-electron chi connectivity index (χ0n) is 23.1. The smallest absolute Gasteiger partial charge is 0.269 e. The number of hydrogen-bond donors (Lipinski definition) is 1. The third-order valence-electron chi connectivity index (χ3n) is 6.64. The van der Waals surface area contributed by atoms with Gasteiger partial charge >= 0.3 is 0 Å². The summed E-state index contributed by atoms with van der Waals surface area (Å²) in [4.78, 5) is 39.2. The Balaban J connectivity index is 2.08. The van der Waals surface area contributed by atoms with Crippen molar-refractivity contribution < 1.29 is 22.9 Å². The summed E-state index contributed by atoms with van der Waals surface area (Å²) in [5.41, 5.74) is 0.415. The largest absolute Gasteiger partial charge is 0.352 e. The molecule has 2 amide bonds. The van der Waals surface area contributed by atoms with Crippen LogP contribution in [0.1, 0.15) is 39.2 Å². The van der Waals surface area contributed by atoms with Gasteiger partial charge in [0.25, 0.3) is 15.7 Å². The number of rotatable bonds is 13. The van der Waals surface area contributed by atoms with Crippen LogP contribution in [0.5, 0.6) is 0 Å².